The highest BCUT2D eigenvalue weighted by molar-refractivity contribution is 14.1. The molecule has 7 heteroatoms. The third kappa shape index (κ3) is 2.71. The quantitative estimate of drug-likeness (QED) is 0.486. The summed E-state index contributed by atoms with van der Waals surface area (Å²) in [6, 6.07) is 4.75. The fraction of sp³-hybridized carbons (Fsp3) is 0. The lowest BCUT2D eigenvalue weighted by Crippen LogP contribution is -1.96. The Morgan fingerprint density at radius 2 is 1.71 bits per heavy atom. The van der Waals surface area contributed by atoms with Gasteiger partial charge in [0, 0.05) is 17.8 Å². The van der Waals surface area contributed by atoms with E-state index in [1.165, 1.54) is 12.1 Å². The molecule has 14 heavy (non-hydrogen) atoms. The van der Waals surface area contributed by atoms with Crippen molar-refractivity contribution >= 4 is 64.9 Å². The van der Waals surface area contributed by atoms with Gasteiger partial charge in [-0.05, 0) is 57.3 Å². The molecule has 74 valence electrons. The minimum absolute atomic E-state index is 0.0203. The lowest BCUT2D eigenvalue weighted by molar-refractivity contribution is 0.609. The van der Waals surface area contributed by atoms with Crippen LogP contribution in [0.3, 0.4) is 0 Å². The van der Waals surface area contributed by atoms with Crippen LogP contribution in [0.1, 0.15) is 5.56 Å². The molecular formula is C7H2ClI2NO2S. The molecule has 1 aromatic rings. The number of hydrogen-bond donors (Lipinski definition) is 0. The van der Waals surface area contributed by atoms with Crippen molar-refractivity contribution < 1.29 is 8.42 Å². The standard InChI is InChI=1S/C7H2ClI2NO2S/c8-14(12,13)4-1-6(9)5(3-11)7(10)2-4/h1-2H. The third-order valence-corrected chi connectivity index (χ3v) is 4.44. The normalized spacial score (nSPS) is 11.0. The van der Waals surface area contributed by atoms with E-state index < -0.39 is 9.05 Å². The summed E-state index contributed by atoms with van der Waals surface area (Å²) < 4.78 is 23.2. The van der Waals surface area contributed by atoms with Gasteiger partial charge < -0.3 is 0 Å². The first-order valence-electron chi connectivity index (χ1n) is 3.20. The largest absolute Gasteiger partial charge is 0.261 e. The maximum atomic E-state index is 11.0. The van der Waals surface area contributed by atoms with E-state index >= 15 is 0 Å². The van der Waals surface area contributed by atoms with E-state index in [9.17, 15) is 8.42 Å². The number of nitriles is 1. The average Bonchev–Trinajstić information content (AvgIpc) is 2.01. The molecular weight excluding hydrogens is 451 g/mol. The Balaban J connectivity index is 3.53. The van der Waals surface area contributed by atoms with Gasteiger partial charge in [-0.25, -0.2) is 8.42 Å². The van der Waals surface area contributed by atoms with E-state index in [2.05, 4.69) is 0 Å². The Bertz CT molecular complexity index is 498. The average molecular weight is 453 g/mol. The fourth-order valence-corrected chi connectivity index (χ4v) is 4.01. The molecule has 0 aliphatic carbocycles. The Labute approximate surface area is 113 Å². The summed E-state index contributed by atoms with van der Waals surface area (Å²) in [6.07, 6.45) is 0. The van der Waals surface area contributed by atoms with Gasteiger partial charge in [0.2, 0.25) is 0 Å². The molecule has 0 spiro atoms. The summed E-state index contributed by atoms with van der Waals surface area (Å²) in [5.74, 6) is 0. The van der Waals surface area contributed by atoms with Crippen LogP contribution in [0.4, 0.5) is 0 Å². The molecule has 0 fully saturated rings. The van der Waals surface area contributed by atoms with Gasteiger partial charge in [0.15, 0.2) is 0 Å². The monoisotopic (exact) mass is 453 g/mol. The molecule has 0 bridgehead atoms. The maximum absolute atomic E-state index is 11.0. The van der Waals surface area contributed by atoms with Crippen LogP contribution in [-0.4, -0.2) is 8.42 Å². The predicted molar refractivity (Wildman–Crippen MR) is 69.6 cm³/mol. The van der Waals surface area contributed by atoms with Crippen LogP contribution in [0, 0.1) is 18.5 Å². The van der Waals surface area contributed by atoms with Crippen molar-refractivity contribution in [1.29, 1.82) is 5.26 Å². The highest BCUT2D eigenvalue weighted by Gasteiger charge is 2.14. The van der Waals surface area contributed by atoms with E-state index in [0.29, 0.717) is 12.7 Å². The zero-order valence-electron chi connectivity index (χ0n) is 6.46. The molecule has 0 unspecified atom stereocenters. The van der Waals surface area contributed by atoms with Crippen LogP contribution >= 0.6 is 55.9 Å². The summed E-state index contributed by atoms with van der Waals surface area (Å²) in [5, 5.41) is 8.75. The minimum Gasteiger partial charge on any atom is -0.207 e. The van der Waals surface area contributed by atoms with Crippen LogP contribution < -0.4 is 0 Å². The van der Waals surface area contributed by atoms with Gasteiger partial charge in [0.05, 0.1) is 10.5 Å². The first-order chi connectivity index (χ1) is 6.36. The van der Waals surface area contributed by atoms with Crippen molar-refractivity contribution in [3.63, 3.8) is 0 Å². The first-order valence-corrected chi connectivity index (χ1v) is 7.66. The van der Waals surface area contributed by atoms with E-state index in [0.717, 1.165) is 0 Å². The van der Waals surface area contributed by atoms with Crippen molar-refractivity contribution in [2.24, 2.45) is 0 Å². The second-order valence-corrected chi connectivity index (χ2v) is 7.20. The Morgan fingerprint density at radius 1 is 1.29 bits per heavy atom. The molecule has 0 heterocycles. The molecule has 0 N–H and O–H groups in total. The number of nitrogens with zero attached hydrogens (tertiary/aromatic N) is 1. The van der Waals surface area contributed by atoms with Crippen LogP contribution in [0.25, 0.3) is 0 Å². The summed E-state index contributed by atoms with van der Waals surface area (Å²) in [4.78, 5) is 0.0203. The molecule has 0 aliphatic rings. The first kappa shape index (κ1) is 12.5. The van der Waals surface area contributed by atoms with Crippen LogP contribution in [0.15, 0.2) is 17.0 Å². The number of hydrogen-bond acceptors (Lipinski definition) is 3. The van der Waals surface area contributed by atoms with Crippen LogP contribution in [0.5, 0.6) is 0 Å². The Morgan fingerprint density at radius 3 is 2.00 bits per heavy atom. The van der Waals surface area contributed by atoms with E-state index in [-0.39, 0.29) is 4.90 Å². The summed E-state index contributed by atoms with van der Waals surface area (Å²) in [6.45, 7) is 0. The Kier molecular flexibility index (Phi) is 4.02. The van der Waals surface area contributed by atoms with E-state index in [1.54, 1.807) is 0 Å². The number of rotatable bonds is 1. The number of halogens is 3. The van der Waals surface area contributed by atoms with Gasteiger partial charge in [0.1, 0.15) is 6.07 Å². The summed E-state index contributed by atoms with van der Waals surface area (Å²) in [5.41, 5.74) is 0.468. The fourth-order valence-electron chi connectivity index (χ4n) is 0.797. The van der Waals surface area contributed by atoms with E-state index in [4.69, 9.17) is 15.9 Å². The molecule has 0 aromatic heterocycles. The smallest absolute Gasteiger partial charge is 0.207 e. The number of benzene rings is 1. The lowest BCUT2D eigenvalue weighted by atomic mass is 10.2. The van der Waals surface area contributed by atoms with Crippen LogP contribution in [-0.2, 0) is 9.05 Å². The van der Waals surface area contributed by atoms with Gasteiger partial charge in [0.25, 0.3) is 9.05 Å². The van der Waals surface area contributed by atoms with Gasteiger partial charge in [-0.3, -0.25) is 0 Å². The molecule has 3 nitrogen and oxygen atoms in total. The second kappa shape index (κ2) is 4.51. The predicted octanol–water partition coefficient (Wildman–Crippen LogP) is 2.69. The zero-order valence-corrected chi connectivity index (χ0v) is 12.3. The van der Waals surface area contributed by atoms with E-state index in [1.807, 2.05) is 51.3 Å². The van der Waals surface area contributed by atoms with Crippen molar-refractivity contribution in [3.05, 3.63) is 24.8 Å². The lowest BCUT2D eigenvalue weighted by Gasteiger charge is -2.01. The molecule has 1 aromatic carbocycles. The molecule has 0 aliphatic heterocycles. The third-order valence-electron chi connectivity index (χ3n) is 1.41. The molecule has 0 amide bonds. The van der Waals surface area contributed by atoms with Gasteiger partial charge in [-0.1, -0.05) is 0 Å². The Hall–Kier alpha value is 0.410. The van der Waals surface area contributed by atoms with Gasteiger partial charge in [-0.2, -0.15) is 5.26 Å². The van der Waals surface area contributed by atoms with Gasteiger partial charge in [-0.15, -0.1) is 0 Å². The molecule has 1 rings (SSSR count). The summed E-state index contributed by atoms with van der Waals surface area (Å²) in [7, 11) is 1.46. The second-order valence-electron chi connectivity index (χ2n) is 2.31. The van der Waals surface area contributed by atoms with Crippen molar-refractivity contribution in [2.75, 3.05) is 0 Å². The van der Waals surface area contributed by atoms with Crippen LogP contribution in [0.2, 0.25) is 0 Å². The maximum Gasteiger partial charge on any atom is 0.261 e. The molecule has 0 atom stereocenters. The van der Waals surface area contributed by atoms with Crippen molar-refractivity contribution in [3.8, 4) is 6.07 Å². The molecule has 0 saturated heterocycles. The summed E-state index contributed by atoms with van der Waals surface area (Å²) >= 11 is 3.80. The SMILES string of the molecule is N#Cc1c(I)cc(S(=O)(=O)Cl)cc1I. The topological polar surface area (TPSA) is 57.9 Å². The van der Waals surface area contributed by atoms with Crippen molar-refractivity contribution in [1.82, 2.24) is 0 Å². The zero-order chi connectivity index (χ0) is 10.9. The van der Waals surface area contributed by atoms with Crippen molar-refractivity contribution in [2.45, 2.75) is 4.90 Å². The highest BCUT2D eigenvalue weighted by Crippen LogP contribution is 2.25. The minimum atomic E-state index is -3.72. The highest BCUT2D eigenvalue weighted by atomic mass is 127. The molecule has 0 radical (unpaired) electrons. The van der Waals surface area contributed by atoms with Gasteiger partial charge >= 0.3 is 0 Å². The molecule has 0 saturated carbocycles.